The number of nitrogens with one attached hydrogen (secondary N) is 1. The second-order valence-corrected chi connectivity index (χ2v) is 9.67. The topological polar surface area (TPSA) is 76.1 Å². The summed E-state index contributed by atoms with van der Waals surface area (Å²) in [4.78, 5) is 16.9. The van der Waals surface area contributed by atoms with Gasteiger partial charge in [0.05, 0.1) is 10.6 Å². The van der Waals surface area contributed by atoms with Gasteiger partial charge in [0, 0.05) is 17.5 Å². The van der Waals surface area contributed by atoms with E-state index in [0.29, 0.717) is 11.6 Å². The van der Waals surface area contributed by atoms with Gasteiger partial charge in [-0.25, -0.2) is 13.4 Å². The Balaban J connectivity index is 1.60. The van der Waals surface area contributed by atoms with Gasteiger partial charge in [0.15, 0.2) is 9.84 Å². The molecule has 28 heavy (non-hydrogen) atoms. The van der Waals surface area contributed by atoms with E-state index < -0.39 is 9.84 Å². The van der Waals surface area contributed by atoms with Crippen molar-refractivity contribution in [3.8, 4) is 10.6 Å². The van der Waals surface area contributed by atoms with Crippen LogP contribution in [-0.2, 0) is 9.84 Å². The van der Waals surface area contributed by atoms with Gasteiger partial charge < -0.3 is 5.32 Å². The van der Waals surface area contributed by atoms with Crippen molar-refractivity contribution in [3.05, 3.63) is 71.2 Å². The lowest BCUT2D eigenvalue weighted by Crippen LogP contribution is -2.29. The van der Waals surface area contributed by atoms with E-state index in [1.54, 1.807) is 35.7 Å². The number of hydrogen-bond donors (Lipinski definition) is 1. The Hall–Kier alpha value is -2.51. The first kappa shape index (κ1) is 20.2. The van der Waals surface area contributed by atoms with Crippen LogP contribution in [0.1, 0.15) is 35.8 Å². The van der Waals surface area contributed by atoms with Crippen LogP contribution in [0.3, 0.4) is 0 Å². The van der Waals surface area contributed by atoms with Crippen LogP contribution >= 0.6 is 11.3 Å². The van der Waals surface area contributed by atoms with E-state index in [2.05, 4.69) is 36.3 Å². The first-order chi connectivity index (χ1) is 13.4. The highest BCUT2D eigenvalue weighted by Gasteiger charge is 2.16. The molecule has 1 heterocycles. The van der Waals surface area contributed by atoms with Crippen LogP contribution in [0.25, 0.3) is 10.6 Å². The van der Waals surface area contributed by atoms with E-state index in [-0.39, 0.29) is 23.1 Å². The minimum atomic E-state index is -3.42. The smallest absolute Gasteiger partial charge is 0.270 e. The zero-order chi connectivity index (χ0) is 20.1. The fourth-order valence-electron chi connectivity index (χ4n) is 2.66. The van der Waals surface area contributed by atoms with Gasteiger partial charge in [0.2, 0.25) is 0 Å². The van der Waals surface area contributed by atoms with Crippen LogP contribution in [-0.4, -0.2) is 31.6 Å². The Morgan fingerprint density at radius 2 is 1.75 bits per heavy atom. The predicted octanol–water partition coefficient (Wildman–Crippen LogP) is 4.14. The number of rotatable bonds is 7. The third kappa shape index (κ3) is 4.85. The van der Waals surface area contributed by atoms with Crippen molar-refractivity contribution in [2.75, 3.05) is 12.3 Å². The number of thiazole rings is 1. The van der Waals surface area contributed by atoms with E-state index in [1.165, 1.54) is 16.9 Å². The number of nitrogens with zero attached hydrogens (tertiary/aromatic N) is 1. The molecule has 3 aromatic rings. The fraction of sp³-hybridized carbons (Fsp3) is 0.238. The highest BCUT2D eigenvalue weighted by Crippen LogP contribution is 2.25. The first-order valence-corrected chi connectivity index (χ1v) is 11.5. The Bertz CT molecular complexity index is 1040. The van der Waals surface area contributed by atoms with Gasteiger partial charge >= 0.3 is 0 Å². The van der Waals surface area contributed by atoms with E-state index in [4.69, 9.17) is 0 Å². The summed E-state index contributed by atoms with van der Waals surface area (Å²) in [6, 6.07) is 16.3. The minimum absolute atomic E-state index is 0.0337. The normalized spacial score (nSPS) is 11.5. The molecule has 0 aliphatic rings. The molecule has 0 saturated carbocycles. The third-order valence-corrected chi connectivity index (χ3v) is 6.94. The molecule has 0 aliphatic carbocycles. The molecule has 0 saturated heterocycles. The predicted molar refractivity (Wildman–Crippen MR) is 112 cm³/mol. The maximum atomic E-state index is 12.3. The summed E-state index contributed by atoms with van der Waals surface area (Å²) in [5.74, 6) is -0.0698. The summed E-state index contributed by atoms with van der Waals surface area (Å²) in [5.41, 5.74) is 2.50. The second kappa shape index (κ2) is 8.67. The van der Waals surface area contributed by atoms with E-state index >= 15 is 0 Å². The molecule has 1 aromatic heterocycles. The van der Waals surface area contributed by atoms with Crippen LogP contribution in [0.4, 0.5) is 0 Å². The molecule has 5 nitrogen and oxygen atoms in total. The molecule has 146 valence electrons. The maximum Gasteiger partial charge on any atom is 0.270 e. The Morgan fingerprint density at radius 3 is 2.39 bits per heavy atom. The molecule has 7 heteroatoms. The zero-order valence-electron chi connectivity index (χ0n) is 15.8. The number of carbonyl (C=O) groups excluding carboxylic acids is 1. The molecule has 3 rings (SSSR count). The quantitative estimate of drug-likeness (QED) is 0.630. The Kier molecular flexibility index (Phi) is 6.26. The molecule has 1 amide bonds. The van der Waals surface area contributed by atoms with Gasteiger partial charge in [-0.2, -0.15) is 0 Å². The maximum absolute atomic E-state index is 12.3. The Morgan fingerprint density at radius 1 is 1.07 bits per heavy atom. The van der Waals surface area contributed by atoms with Crippen LogP contribution in [0.2, 0.25) is 0 Å². The highest BCUT2D eigenvalue weighted by atomic mass is 32.2. The number of amides is 1. The third-order valence-electron chi connectivity index (χ3n) is 4.32. The molecule has 0 radical (unpaired) electrons. The molecule has 1 N–H and O–H groups in total. The lowest BCUT2D eigenvalue weighted by Gasteiger charge is -2.06. The molecule has 2 aromatic carbocycles. The van der Waals surface area contributed by atoms with Gasteiger partial charge in [-0.05, 0) is 23.6 Å². The summed E-state index contributed by atoms with van der Waals surface area (Å²) in [6.07, 6.45) is 0. The minimum Gasteiger partial charge on any atom is -0.350 e. The molecule has 0 atom stereocenters. The van der Waals surface area contributed by atoms with Crippen LogP contribution in [0.15, 0.2) is 64.9 Å². The van der Waals surface area contributed by atoms with Crippen molar-refractivity contribution in [2.24, 2.45) is 0 Å². The molecule has 0 spiro atoms. The average Bonchev–Trinajstić information content (AvgIpc) is 3.19. The lowest BCUT2D eigenvalue weighted by molar-refractivity contribution is 0.0952. The average molecular weight is 415 g/mol. The summed E-state index contributed by atoms with van der Waals surface area (Å²) in [5, 5.41) is 5.09. The van der Waals surface area contributed by atoms with Crippen LogP contribution < -0.4 is 5.32 Å². The van der Waals surface area contributed by atoms with Gasteiger partial charge in [-0.1, -0.05) is 56.3 Å². The van der Waals surface area contributed by atoms with E-state index in [9.17, 15) is 13.2 Å². The summed E-state index contributed by atoms with van der Waals surface area (Å²) >= 11 is 1.39. The molecule has 0 unspecified atom stereocenters. The number of carbonyl (C=O) groups is 1. The monoisotopic (exact) mass is 414 g/mol. The van der Waals surface area contributed by atoms with Crippen LogP contribution in [0, 0.1) is 0 Å². The summed E-state index contributed by atoms with van der Waals surface area (Å²) in [6.45, 7) is 4.31. The summed E-state index contributed by atoms with van der Waals surface area (Å²) < 4.78 is 24.5. The molecule has 0 aliphatic heterocycles. The zero-order valence-corrected chi connectivity index (χ0v) is 17.4. The van der Waals surface area contributed by atoms with Crippen molar-refractivity contribution in [1.82, 2.24) is 10.3 Å². The van der Waals surface area contributed by atoms with E-state index in [0.717, 1.165) is 10.6 Å². The number of sulfone groups is 1. The molecule has 0 fully saturated rings. The number of benzene rings is 2. The van der Waals surface area contributed by atoms with Gasteiger partial charge in [0.25, 0.3) is 5.91 Å². The van der Waals surface area contributed by atoms with Crippen molar-refractivity contribution in [3.63, 3.8) is 0 Å². The number of aromatic nitrogens is 1. The SMILES string of the molecule is CC(C)c1ccc(-c2nc(C(=O)NCCS(=O)(=O)c3ccccc3)cs2)cc1. The molecular formula is C21H22N2O3S2. The standard InChI is InChI=1S/C21H22N2O3S2/c1-15(2)16-8-10-17(11-9-16)21-23-19(14-27-21)20(24)22-12-13-28(25,26)18-6-4-3-5-7-18/h3-11,14-15H,12-13H2,1-2H3,(H,22,24). The number of hydrogen-bond acceptors (Lipinski definition) is 5. The largest absolute Gasteiger partial charge is 0.350 e. The van der Waals surface area contributed by atoms with Gasteiger partial charge in [0.1, 0.15) is 10.7 Å². The van der Waals surface area contributed by atoms with Crippen molar-refractivity contribution < 1.29 is 13.2 Å². The van der Waals surface area contributed by atoms with Crippen molar-refractivity contribution in [1.29, 1.82) is 0 Å². The van der Waals surface area contributed by atoms with Crippen molar-refractivity contribution >= 4 is 27.1 Å². The first-order valence-electron chi connectivity index (χ1n) is 8.98. The second-order valence-electron chi connectivity index (χ2n) is 6.70. The highest BCUT2D eigenvalue weighted by molar-refractivity contribution is 7.91. The fourth-order valence-corrected chi connectivity index (χ4v) is 4.64. The molecule has 0 bridgehead atoms. The van der Waals surface area contributed by atoms with Crippen LogP contribution in [0.5, 0.6) is 0 Å². The van der Waals surface area contributed by atoms with E-state index in [1.807, 2.05) is 12.1 Å². The summed E-state index contributed by atoms with van der Waals surface area (Å²) in [7, 11) is -3.42. The molecular weight excluding hydrogens is 392 g/mol. The van der Waals surface area contributed by atoms with Crippen molar-refractivity contribution in [2.45, 2.75) is 24.7 Å². The Labute approximate surface area is 169 Å². The lowest BCUT2D eigenvalue weighted by atomic mass is 10.0. The van der Waals surface area contributed by atoms with Gasteiger partial charge in [-0.15, -0.1) is 11.3 Å². The van der Waals surface area contributed by atoms with Gasteiger partial charge in [-0.3, -0.25) is 4.79 Å².